The minimum Gasteiger partial charge on any atom is -0.384 e. The molecule has 0 spiro atoms. The topological polar surface area (TPSA) is 106 Å². The Balaban J connectivity index is 2.18. The van der Waals surface area contributed by atoms with Gasteiger partial charge in [0.25, 0.3) is 0 Å². The van der Waals surface area contributed by atoms with E-state index in [0.29, 0.717) is 23.1 Å². The van der Waals surface area contributed by atoms with Crippen molar-refractivity contribution in [3.8, 4) is 11.4 Å². The van der Waals surface area contributed by atoms with Crippen LogP contribution in [0, 0.1) is 0 Å². The summed E-state index contributed by atoms with van der Waals surface area (Å²) in [5.41, 5.74) is 13.5. The number of pyridine rings is 2. The van der Waals surface area contributed by atoms with Crippen LogP contribution in [0.5, 0.6) is 0 Å². The molecule has 0 fully saturated rings. The van der Waals surface area contributed by atoms with E-state index in [1.165, 1.54) is 0 Å². The monoisotopic (exact) mass is 226 g/mol. The minimum absolute atomic E-state index is 0.449. The third-order valence-corrected chi connectivity index (χ3v) is 2.42. The molecule has 0 aliphatic rings. The van der Waals surface area contributed by atoms with Crippen LogP contribution in [0.2, 0.25) is 0 Å². The zero-order valence-corrected chi connectivity index (χ0v) is 8.88. The van der Waals surface area contributed by atoms with E-state index in [1.54, 1.807) is 18.3 Å². The Morgan fingerprint density at radius 3 is 2.71 bits per heavy atom. The van der Waals surface area contributed by atoms with E-state index in [9.17, 15) is 0 Å². The Bertz CT molecular complexity index is 687. The maximum absolute atomic E-state index is 5.63. The molecule has 6 heteroatoms. The summed E-state index contributed by atoms with van der Waals surface area (Å²) in [7, 11) is 0. The van der Waals surface area contributed by atoms with Crippen molar-refractivity contribution in [3.63, 3.8) is 0 Å². The van der Waals surface area contributed by atoms with Gasteiger partial charge in [0.2, 0.25) is 0 Å². The number of rotatable bonds is 1. The van der Waals surface area contributed by atoms with Crippen molar-refractivity contribution in [2.45, 2.75) is 0 Å². The molecule has 0 saturated carbocycles. The first-order valence-electron chi connectivity index (χ1n) is 5.06. The Morgan fingerprint density at radius 1 is 1.00 bits per heavy atom. The van der Waals surface area contributed by atoms with Crippen LogP contribution in [0.4, 0.5) is 11.6 Å². The summed E-state index contributed by atoms with van der Waals surface area (Å²) in [6.45, 7) is 0. The van der Waals surface area contributed by atoms with Crippen LogP contribution < -0.4 is 11.5 Å². The molecule has 5 N–H and O–H groups in total. The van der Waals surface area contributed by atoms with Crippen LogP contribution in [-0.2, 0) is 0 Å². The van der Waals surface area contributed by atoms with Crippen molar-refractivity contribution in [1.82, 2.24) is 19.9 Å². The molecule has 84 valence electrons. The van der Waals surface area contributed by atoms with Gasteiger partial charge in [0.1, 0.15) is 17.5 Å². The van der Waals surface area contributed by atoms with Crippen LogP contribution in [0.3, 0.4) is 0 Å². The maximum Gasteiger partial charge on any atom is 0.180 e. The summed E-state index contributed by atoms with van der Waals surface area (Å²) < 4.78 is 0. The highest BCUT2D eigenvalue weighted by Gasteiger charge is 2.06. The molecule has 3 rings (SSSR count). The number of nitrogens with one attached hydrogen (secondary N) is 1. The van der Waals surface area contributed by atoms with Gasteiger partial charge in [-0.15, -0.1) is 0 Å². The summed E-state index contributed by atoms with van der Waals surface area (Å²) in [5, 5.41) is 0. The van der Waals surface area contributed by atoms with E-state index in [1.807, 2.05) is 12.1 Å². The lowest BCUT2D eigenvalue weighted by atomic mass is 10.2. The molecule has 6 nitrogen and oxygen atoms in total. The van der Waals surface area contributed by atoms with Crippen LogP contribution >= 0.6 is 0 Å². The highest BCUT2D eigenvalue weighted by molar-refractivity contribution is 5.77. The molecule has 0 aliphatic carbocycles. The molecule has 0 bridgehead atoms. The number of anilines is 2. The van der Waals surface area contributed by atoms with E-state index < -0.39 is 0 Å². The number of nitrogen functional groups attached to an aromatic ring is 2. The van der Waals surface area contributed by atoms with Gasteiger partial charge in [0.15, 0.2) is 5.65 Å². The highest BCUT2D eigenvalue weighted by Crippen LogP contribution is 2.20. The molecule has 3 aromatic rings. The van der Waals surface area contributed by atoms with Gasteiger partial charge in [-0.3, -0.25) is 0 Å². The molecule has 0 atom stereocenters. The normalized spacial score (nSPS) is 10.8. The maximum atomic E-state index is 5.63. The van der Waals surface area contributed by atoms with Crippen LogP contribution in [0.15, 0.2) is 30.5 Å². The third kappa shape index (κ3) is 1.65. The van der Waals surface area contributed by atoms with E-state index in [2.05, 4.69) is 19.9 Å². The molecule has 0 radical (unpaired) electrons. The van der Waals surface area contributed by atoms with Gasteiger partial charge >= 0.3 is 0 Å². The van der Waals surface area contributed by atoms with Gasteiger partial charge in [-0.05, 0) is 24.3 Å². The van der Waals surface area contributed by atoms with E-state index in [-0.39, 0.29) is 0 Å². The second-order valence-corrected chi connectivity index (χ2v) is 3.66. The number of nitrogens with zero attached hydrogens (tertiary/aromatic N) is 3. The van der Waals surface area contributed by atoms with Gasteiger partial charge in [-0.2, -0.15) is 0 Å². The summed E-state index contributed by atoms with van der Waals surface area (Å²) in [6, 6.07) is 7.16. The van der Waals surface area contributed by atoms with Crippen LogP contribution in [0.1, 0.15) is 0 Å². The highest BCUT2D eigenvalue weighted by atomic mass is 15.0. The number of nitrogens with two attached hydrogens (primary N) is 2. The molecular formula is C11H10N6. The average Bonchev–Trinajstić information content (AvgIpc) is 2.72. The molecule has 17 heavy (non-hydrogen) atoms. The smallest absolute Gasteiger partial charge is 0.180 e. The molecule has 3 heterocycles. The molecule has 3 aromatic heterocycles. The predicted octanol–water partition coefficient (Wildman–Crippen LogP) is 1.18. The van der Waals surface area contributed by atoms with E-state index in [0.717, 1.165) is 11.1 Å². The zero-order chi connectivity index (χ0) is 11.8. The standard InChI is InChI=1S/C11H10N6/c12-8-2-1-7-11(16-8)17-10(15-7)6-3-4-14-9(13)5-6/h1-5H,(H2,13,14)(H3,12,15,16,17). The van der Waals surface area contributed by atoms with Crippen molar-refractivity contribution in [2.75, 3.05) is 11.5 Å². The molecule has 0 saturated heterocycles. The first-order chi connectivity index (χ1) is 8.22. The zero-order valence-electron chi connectivity index (χ0n) is 8.88. The van der Waals surface area contributed by atoms with Crippen molar-refractivity contribution in [1.29, 1.82) is 0 Å². The van der Waals surface area contributed by atoms with Crippen LogP contribution in [0.25, 0.3) is 22.6 Å². The summed E-state index contributed by atoms with van der Waals surface area (Å²) in [5.74, 6) is 1.60. The summed E-state index contributed by atoms with van der Waals surface area (Å²) in [6.07, 6.45) is 1.64. The Hall–Kier alpha value is -2.63. The average molecular weight is 226 g/mol. The third-order valence-electron chi connectivity index (χ3n) is 2.42. The first kappa shape index (κ1) is 9.59. The van der Waals surface area contributed by atoms with E-state index >= 15 is 0 Å². The van der Waals surface area contributed by atoms with Crippen molar-refractivity contribution < 1.29 is 0 Å². The number of hydrogen-bond donors (Lipinski definition) is 3. The van der Waals surface area contributed by atoms with Crippen molar-refractivity contribution >= 4 is 22.8 Å². The van der Waals surface area contributed by atoms with Gasteiger partial charge in [-0.1, -0.05) is 0 Å². The SMILES string of the molecule is Nc1cc(-c2nc3nc(N)ccc3[nH]2)ccn1. The second kappa shape index (κ2) is 3.44. The fraction of sp³-hybridized carbons (Fsp3) is 0. The molecule has 0 aromatic carbocycles. The second-order valence-electron chi connectivity index (χ2n) is 3.66. The predicted molar refractivity (Wildman–Crippen MR) is 65.9 cm³/mol. The van der Waals surface area contributed by atoms with Crippen molar-refractivity contribution in [2.24, 2.45) is 0 Å². The molecule has 0 unspecified atom stereocenters. The number of fused-ring (bicyclic) bond motifs is 1. The quantitative estimate of drug-likeness (QED) is 0.577. The van der Waals surface area contributed by atoms with Crippen LogP contribution in [-0.4, -0.2) is 19.9 Å². The number of aromatic amines is 1. The van der Waals surface area contributed by atoms with Gasteiger partial charge in [0.05, 0.1) is 5.52 Å². The van der Waals surface area contributed by atoms with Gasteiger partial charge < -0.3 is 16.5 Å². The number of H-pyrrole nitrogens is 1. The molecule has 0 aliphatic heterocycles. The Morgan fingerprint density at radius 2 is 1.88 bits per heavy atom. The fourth-order valence-electron chi connectivity index (χ4n) is 1.64. The number of hydrogen-bond acceptors (Lipinski definition) is 5. The summed E-state index contributed by atoms with van der Waals surface area (Å²) >= 11 is 0. The van der Waals surface area contributed by atoms with Gasteiger partial charge in [0, 0.05) is 11.8 Å². The van der Waals surface area contributed by atoms with E-state index in [4.69, 9.17) is 11.5 Å². The Labute approximate surface area is 96.7 Å². The lowest BCUT2D eigenvalue weighted by Gasteiger charge is -1.96. The fourth-order valence-corrected chi connectivity index (χ4v) is 1.64. The Kier molecular flexibility index (Phi) is 1.94. The lowest BCUT2D eigenvalue weighted by Crippen LogP contribution is -1.90. The minimum atomic E-state index is 0.449. The molecular weight excluding hydrogens is 216 g/mol. The van der Waals surface area contributed by atoms with Gasteiger partial charge in [-0.25, -0.2) is 15.0 Å². The number of aromatic nitrogens is 4. The first-order valence-corrected chi connectivity index (χ1v) is 5.06. The largest absolute Gasteiger partial charge is 0.384 e. The summed E-state index contributed by atoms with van der Waals surface area (Å²) in [4.78, 5) is 15.6. The van der Waals surface area contributed by atoms with Crippen molar-refractivity contribution in [3.05, 3.63) is 30.5 Å². The number of imidazole rings is 1. The molecule has 0 amide bonds. The lowest BCUT2D eigenvalue weighted by molar-refractivity contribution is 1.28.